The first kappa shape index (κ1) is 15.0. The van der Waals surface area contributed by atoms with Crippen molar-refractivity contribution >= 4 is 0 Å². The van der Waals surface area contributed by atoms with E-state index in [1.54, 1.807) is 7.11 Å². The molecule has 102 valence electrons. The third kappa shape index (κ3) is 4.00. The second kappa shape index (κ2) is 7.39. The van der Waals surface area contributed by atoms with Crippen molar-refractivity contribution in [2.75, 3.05) is 13.7 Å². The van der Waals surface area contributed by atoms with E-state index < -0.39 is 0 Å². The predicted octanol–water partition coefficient (Wildman–Crippen LogP) is 2.75. The van der Waals surface area contributed by atoms with Gasteiger partial charge in [0.25, 0.3) is 0 Å². The number of aliphatic hydroxyl groups is 1. The van der Waals surface area contributed by atoms with Crippen molar-refractivity contribution in [3.8, 4) is 5.75 Å². The zero-order chi connectivity index (χ0) is 13.5. The molecule has 0 bridgehead atoms. The maximum absolute atomic E-state index is 9.39. The molecule has 0 spiro atoms. The molecule has 1 unspecified atom stereocenters. The van der Waals surface area contributed by atoms with Crippen LogP contribution < -0.4 is 10.1 Å². The fourth-order valence-corrected chi connectivity index (χ4v) is 2.00. The Morgan fingerprint density at radius 3 is 2.22 bits per heavy atom. The van der Waals surface area contributed by atoms with E-state index in [2.05, 4.69) is 38.2 Å². The summed E-state index contributed by atoms with van der Waals surface area (Å²) in [5.74, 6) is 1.29. The molecular formula is C15H25NO2. The first-order chi connectivity index (χ1) is 8.62. The van der Waals surface area contributed by atoms with Crippen LogP contribution in [-0.4, -0.2) is 24.9 Å². The number of aliphatic hydroxyl groups excluding tert-OH is 1. The van der Waals surface area contributed by atoms with Crippen molar-refractivity contribution in [1.82, 2.24) is 5.32 Å². The Bertz CT molecular complexity index is 335. The second-order valence-electron chi connectivity index (χ2n) is 4.93. The number of ether oxygens (including phenoxy) is 1. The van der Waals surface area contributed by atoms with Gasteiger partial charge in [0.2, 0.25) is 0 Å². The van der Waals surface area contributed by atoms with Gasteiger partial charge in [0.15, 0.2) is 0 Å². The maximum atomic E-state index is 9.39. The highest BCUT2D eigenvalue weighted by Crippen LogP contribution is 2.21. The van der Waals surface area contributed by atoms with Crippen LogP contribution in [0.3, 0.4) is 0 Å². The van der Waals surface area contributed by atoms with E-state index in [-0.39, 0.29) is 18.7 Å². The number of nitrogens with one attached hydrogen (secondary N) is 1. The quantitative estimate of drug-likeness (QED) is 0.783. The summed E-state index contributed by atoms with van der Waals surface area (Å²) in [5.41, 5.74) is 1.23. The van der Waals surface area contributed by atoms with Gasteiger partial charge in [-0.05, 0) is 30.0 Å². The third-order valence-corrected chi connectivity index (χ3v) is 3.34. The number of hydrogen-bond donors (Lipinski definition) is 2. The van der Waals surface area contributed by atoms with Gasteiger partial charge in [-0.1, -0.05) is 32.9 Å². The molecule has 0 radical (unpaired) electrons. The van der Waals surface area contributed by atoms with Crippen molar-refractivity contribution in [2.45, 2.75) is 39.3 Å². The molecular weight excluding hydrogens is 226 g/mol. The zero-order valence-electron chi connectivity index (χ0n) is 11.8. The lowest BCUT2D eigenvalue weighted by atomic mass is 9.99. The molecule has 2 N–H and O–H groups in total. The minimum absolute atomic E-state index is 0.136. The normalized spacial score (nSPS) is 14.6. The Morgan fingerprint density at radius 2 is 1.83 bits per heavy atom. The summed E-state index contributed by atoms with van der Waals surface area (Å²) < 4.78 is 5.16. The van der Waals surface area contributed by atoms with E-state index in [1.165, 1.54) is 5.56 Å². The summed E-state index contributed by atoms with van der Waals surface area (Å²) in [6.45, 7) is 6.56. The van der Waals surface area contributed by atoms with Gasteiger partial charge in [-0.15, -0.1) is 0 Å². The Hall–Kier alpha value is -1.06. The van der Waals surface area contributed by atoms with Gasteiger partial charge in [-0.2, -0.15) is 0 Å². The van der Waals surface area contributed by atoms with Crippen molar-refractivity contribution in [2.24, 2.45) is 5.92 Å². The summed E-state index contributed by atoms with van der Waals surface area (Å²) in [4.78, 5) is 0. The average molecular weight is 251 g/mol. The molecule has 0 fully saturated rings. The van der Waals surface area contributed by atoms with E-state index in [0.717, 1.165) is 12.2 Å². The highest BCUT2D eigenvalue weighted by molar-refractivity contribution is 5.29. The summed E-state index contributed by atoms with van der Waals surface area (Å²) >= 11 is 0. The SMILES string of the molecule is CCC(N[C@H](CO)C(C)C)c1ccc(OC)cc1. The average Bonchev–Trinajstić information content (AvgIpc) is 2.40. The molecule has 0 saturated heterocycles. The van der Waals surface area contributed by atoms with Crippen molar-refractivity contribution < 1.29 is 9.84 Å². The van der Waals surface area contributed by atoms with Crippen LogP contribution in [0.4, 0.5) is 0 Å². The highest BCUT2D eigenvalue weighted by Gasteiger charge is 2.17. The molecule has 1 aromatic carbocycles. The van der Waals surface area contributed by atoms with Crippen LogP contribution in [0.15, 0.2) is 24.3 Å². The summed E-state index contributed by atoms with van der Waals surface area (Å²) in [5, 5.41) is 12.9. The molecule has 18 heavy (non-hydrogen) atoms. The Morgan fingerprint density at radius 1 is 1.22 bits per heavy atom. The molecule has 1 rings (SSSR count). The molecule has 1 aromatic rings. The molecule has 3 nitrogen and oxygen atoms in total. The predicted molar refractivity (Wildman–Crippen MR) is 74.9 cm³/mol. The minimum atomic E-state index is 0.136. The molecule has 3 heteroatoms. The van der Waals surface area contributed by atoms with Crippen LogP contribution in [0.5, 0.6) is 5.75 Å². The van der Waals surface area contributed by atoms with Gasteiger partial charge in [0.1, 0.15) is 5.75 Å². The number of rotatable bonds is 7. The second-order valence-corrected chi connectivity index (χ2v) is 4.93. The van der Waals surface area contributed by atoms with Gasteiger partial charge in [0.05, 0.1) is 13.7 Å². The van der Waals surface area contributed by atoms with Gasteiger partial charge in [-0.3, -0.25) is 0 Å². The molecule has 0 heterocycles. The largest absolute Gasteiger partial charge is 0.497 e. The molecule has 0 saturated carbocycles. The van der Waals surface area contributed by atoms with E-state index in [0.29, 0.717) is 5.92 Å². The fraction of sp³-hybridized carbons (Fsp3) is 0.600. The zero-order valence-corrected chi connectivity index (χ0v) is 11.8. The number of benzene rings is 1. The smallest absolute Gasteiger partial charge is 0.118 e. The third-order valence-electron chi connectivity index (χ3n) is 3.34. The van der Waals surface area contributed by atoms with E-state index in [1.807, 2.05) is 12.1 Å². The van der Waals surface area contributed by atoms with Crippen molar-refractivity contribution in [3.05, 3.63) is 29.8 Å². The fourth-order valence-electron chi connectivity index (χ4n) is 2.00. The van der Waals surface area contributed by atoms with Gasteiger partial charge >= 0.3 is 0 Å². The van der Waals surface area contributed by atoms with Gasteiger partial charge in [-0.25, -0.2) is 0 Å². The van der Waals surface area contributed by atoms with Crippen molar-refractivity contribution in [3.63, 3.8) is 0 Å². The van der Waals surface area contributed by atoms with Crippen LogP contribution in [0, 0.1) is 5.92 Å². The maximum Gasteiger partial charge on any atom is 0.118 e. The Balaban J connectivity index is 2.75. The van der Waals surface area contributed by atoms with Crippen molar-refractivity contribution in [1.29, 1.82) is 0 Å². The monoisotopic (exact) mass is 251 g/mol. The van der Waals surface area contributed by atoms with Gasteiger partial charge in [0, 0.05) is 12.1 Å². The minimum Gasteiger partial charge on any atom is -0.497 e. The van der Waals surface area contributed by atoms with Gasteiger partial charge < -0.3 is 15.2 Å². The first-order valence-corrected chi connectivity index (χ1v) is 6.63. The van der Waals surface area contributed by atoms with Crippen LogP contribution >= 0.6 is 0 Å². The van der Waals surface area contributed by atoms with E-state index >= 15 is 0 Å². The van der Waals surface area contributed by atoms with Crippen LogP contribution in [0.25, 0.3) is 0 Å². The topological polar surface area (TPSA) is 41.5 Å². The number of methoxy groups -OCH3 is 1. The Labute approximate surface area is 110 Å². The number of hydrogen-bond acceptors (Lipinski definition) is 3. The van der Waals surface area contributed by atoms with E-state index in [4.69, 9.17) is 4.74 Å². The van der Waals surface area contributed by atoms with Crippen LogP contribution in [-0.2, 0) is 0 Å². The highest BCUT2D eigenvalue weighted by atomic mass is 16.5. The lowest BCUT2D eigenvalue weighted by Gasteiger charge is -2.26. The lowest BCUT2D eigenvalue weighted by molar-refractivity contribution is 0.198. The lowest BCUT2D eigenvalue weighted by Crippen LogP contribution is -2.39. The van der Waals surface area contributed by atoms with Crippen LogP contribution in [0.2, 0.25) is 0 Å². The first-order valence-electron chi connectivity index (χ1n) is 6.63. The molecule has 0 aromatic heterocycles. The molecule has 2 atom stereocenters. The molecule has 0 aliphatic rings. The molecule has 0 aliphatic carbocycles. The summed E-state index contributed by atoms with van der Waals surface area (Å²) in [7, 11) is 1.67. The standard InChI is InChI=1S/C15H25NO2/c1-5-14(16-15(10-17)11(2)3)12-6-8-13(18-4)9-7-12/h6-9,11,14-17H,5,10H2,1-4H3/t14?,15-/m1/s1. The summed E-state index contributed by atoms with van der Waals surface area (Å²) in [6, 6.07) is 8.52. The molecule has 0 amide bonds. The Kier molecular flexibility index (Phi) is 6.16. The summed E-state index contributed by atoms with van der Waals surface area (Å²) in [6.07, 6.45) is 0.996. The molecule has 0 aliphatic heterocycles. The van der Waals surface area contributed by atoms with Crippen LogP contribution in [0.1, 0.15) is 38.8 Å². The van der Waals surface area contributed by atoms with E-state index in [9.17, 15) is 5.11 Å².